The number of halogens is 1. The van der Waals surface area contributed by atoms with E-state index < -0.39 is 0 Å². The van der Waals surface area contributed by atoms with Crippen LogP contribution in [-0.4, -0.2) is 53.3 Å². The Kier molecular flexibility index (Phi) is 10.4. The minimum atomic E-state index is -0.208. The maximum absolute atomic E-state index is 6.13. The lowest BCUT2D eigenvalue weighted by molar-refractivity contribution is -0.0147. The Labute approximate surface area is 131 Å². The summed E-state index contributed by atoms with van der Waals surface area (Å²) in [5, 5.41) is 0.667. The molecule has 5 nitrogen and oxygen atoms in total. The van der Waals surface area contributed by atoms with Gasteiger partial charge in [-0.1, -0.05) is 29.8 Å². The Bertz CT molecular complexity index is 378. The molecule has 0 saturated carbocycles. The van der Waals surface area contributed by atoms with Crippen LogP contribution in [0.15, 0.2) is 24.3 Å². The standard InChI is InChI=1S/C15H24ClNO4/c1-18-6-7-19-8-9-20-10-11-21-15(12-17)13-4-2-3-5-14(13)16/h2-5,15H,6-12,17H2,1H3. The van der Waals surface area contributed by atoms with Gasteiger partial charge in [-0.2, -0.15) is 0 Å². The lowest BCUT2D eigenvalue weighted by Gasteiger charge is -2.17. The fourth-order valence-corrected chi connectivity index (χ4v) is 1.99. The second kappa shape index (κ2) is 11.9. The van der Waals surface area contributed by atoms with Crippen LogP contribution in [0.25, 0.3) is 0 Å². The Morgan fingerprint density at radius 2 is 1.62 bits per heavy atom. The highest BCUT2D eigenvalue weighted by atomic mass is 35.5. The molecule has 0 bridgehead atoms. The molecule has 0 fully saturated rings. The highest BCUT2D eigenvalue weighted by molar-refractivity contribution is 6.31. The van der Waals surface area contributed by atoms with E-state index in [1.54, 1.807) is 7.11 Å². The summed E-state index contributed by atoms with van der Waals surface area (Å²) in [5.41, 5.74) is 6.63. The molecule has 0 aliphatic rings. The summed E-state index contributed by atoms with van der Waals surface area (Å²) in [6, 6.07) is 7.55. The molecule has 6 heteroatoms. The van der Waals surface area contributed by atoms with Crippen molar-refractivity contribution >= 4 is 11.6 Å². The molecule has 2 N–H and O–H groups in total. The van der Waals surface area contributed by atoms with Gasteiger partial charge in [0.05, 0.1) is 45.7 Å². The van der Waals surface area contributed by atoms with Crippen molar-refractivity contribution in [3.8, 4) is 0 Å². The average molecular weight is 318 g/mol. The fraction of sp³-hybridized carbons (Fsp3) is 0.600. The molecule has 120 valence electrons. The lowest BCUT2D eigenvalue weighted by atomic mass is 10.1. The van der Waals surface area contributed by atoms with Crippen LogP contribution >= 0.6 is 11.6 Å². The first-order valence-corrected chi connectivity index (χ1v) is 7.38. The van der Waals surface area contributed by atoms with E-state index in [0.717, 1.165) is 5.56 Å². The molecule has 1 aromatic rings. The van der Waals surface area contributed by atoms with Crippen LogP contribution in [0.1, 0.15) is 11.7 Å². The van der Waals surface area contributed by atoms with E-state index in [9.17, 15) is 0 Å². The van der Waals surface area contributed by atoms with Crippen LogP contribution in [0.5, 0.6) is 0 Å². The number of hydrogen-bond donors (Lipinski definition) is 1. The third kappa shape index (κ3) is 7.76. The Balaban J connectivity index is 2.12. The molecule has 0 aromatic heterocycles. The van der Waals surface area contributed by atoms with Gasteiger partial charge < -0.3 is 24.7 Å². The quantitative estimate of drug-likeness (QED) is 0.598. The molecule has 1 atom stereocenters. The zero-order valence-electron chi connectivity index (χ0n) is 12.4. The summed E-state index contributed by atoms with van der Waals surface area (Å²) in [5.74, 6) is 0. The van der Waals surface area contributed by atoms with E-state index in [0.29, 0.717) is 51.2 Å². The average Bonchev–Trinajstić information content (AvgIpc) is 2.50. The molecule has 1 rings (SSSR count). The van der Waals surface area contributed by atoms with Crippen molar-refractivity contribution in [2.75, 3.05) is 53.3 Å². The van der Waals surface area contributed by atoms with E-state index in [1.165, 1.54) is 0 Å². The summed E-state index contributed by atoms with van der Waals surface area (Å²) >= 11 is 6.13. The maximum Gasteiger partial charge on any atom is 0.0962 e. The first kappa shape index (κ1) is 18.4. The molecule has 0 aliphatic heterocycles. The van der Waals surface area contributed by atoms with Crippen LogP contribution in [-0.2, 0) is 18.9 Å². The van der Waals surface area contributed by atoms with E-state index in [1.807, 2.05) is 24.3 Å². The third-order valence-corrected chi connectivity index (χ3v) is 3.16. The largest absolute Gasteiger partial charge is 0.382 e. The van der Waals surface area contributed by atoms with E-state index in [-0.39, 0.29) is 6.10 Å². The van der Waals surface area contributed by atoms with Crippen molar-refractivity contribution in [3.63, 3.8) is 0 Å². The summed E-state index contributed by atoms with van der Waals surface area (Å²) < 4.78 is 21.3. The van der Waals surface area contributed by atoms with Crippen LogP contribution in [0.3, 0.4) is 0 Å². The summed E-state index contributed by atoms with van der Waals surface area (Å²) in [7, 11) is 1.64. The van der Waals surface area contributed by atoms with Crippen molar-refractivity contribution in [2.45, 2.75) is 6.10 Å². The first-order chi connectivity index (χ1) is 10.3. The van der Waals surface area contributed by atoms with Crippen molar-refractivity contribution in [1.29, 1.82) is 0 Å². The Hall–Kier alpha value is -0.690. The second-order valence-electron chi connectivity index (χ2n) is 4.33. The molecule has 1 aromatic carbocycles. The van der Waals surface area contributed by atoms with Crippen LogP contribution in [0.4, 0.5) is 0 Å². The molecule has 0 radical (unpaired) electrons. The molecular weight excluding hydrogens is 294 g/mol. The highest BCUT2D eigenvalue weighted by Gasteiger charge is 2.12. The molecular formula is C15H24ClNO4. The SMILES string of the molecule is COCCOCCOCCOC(CN)c1ccccc1Cl. The minimum Gasteiger partial charge on any atom is -0.382 e. The van der Waals surface area contributed by atoms with Gasteiger partial charge in [0.25, 0.3) is 0 Å². The van der Waals surface area contributed by atoms with Crippen molar-refractivity contribution in [3.05, 3.63) is 34.9 Å². The van der Waals surface area contributed by atoms with Crippen molar-refractivity contribution in [1.82, 2.24) is 0 Å². The normalized spacial score (nSPS) is 12.5. The predicted molar refractivity (Wildman–Crippen MR) is 82.7 cm³/mol. The van der Waals surface area contributed by atoms with E-state index >= 15 is 0 Å². The minimum absolute atomic E-state index is 0.208. The van der Waals surface area contributed by atoms with Gasteiger partial charge in [0, 0.05) is 24.2 Å². The topological polar surface area (TPSA) is 62.9 Å². The van der Waals surface area contributed by atoms with Gasteiger partial charge in [-0.25, -0.2) is 0 Å². The number of hydrogen-bond acceptors (Lipinski definition) is 5. The molecule has 0 spiro atoms. The fourth-order valence-electron chi connectivity index (χ4n) is 1.73. The molecule has 21 heavy (non-hydrogen) atoms. The Morgan fingerprint density at radius 3 is 2.24 bits per heavy atom. The second-order valence-corrected chi connectivity index (χ2v) is 4.74. The summed E-state index contributed by atoms with van der Waals surface area (Å²) in [4.78, 5) is 0. The van der Waals surface area contributed by atoms with Gasteiger partial charge in [-0.05, 0) is 6.07 Å². The highest BCUT2D eigenvalue weighted by Crippen LogP contribution is 2.24. The number of ether oxygens (including phenoxy) is 4. The van der Waals surface area contributed by atoms with Crippen LogP contribution in [0, 0.1) is 0 Å². The lowest BCUT2D eigenvalue weighted by Crippen LogP contribution is -2.19. The van der Waals surface area contributed by atoms with E-state index in [4.69, 9.17) is 36.3 Å². The van der Waals surface area contributed by atoms with Gasteiger partial charge in [-0.3, -0.25) is 0 Å². The molecule has 0 amide bonds. The molecule has 1 unspecified atom stereocenters. The number of rotatable bonds is 12. The zero-order valence-corrected chi connectivity index (χ0v) is 13.2. The number of benzene rings is 1. The number of methoxy groups -OCH3 is 1. The smallest absolute Gasteiger partial charge is 0.0962 e. The Morgan fingerprint density at radius 1 is 1.00 bits per heavy atom. The number of nitrogens with two attached hydrogens (primary N) is 1. The van der Waals surface area contributed by atoms with Gasteiger partial charge in [0.1, 0.15) is 0 Å². The van der Waals surface area contributed by atoms with Gasteiger partial charge >= 0.3 is 0 Å². The summed E-state index contributed by atoms with van der Waals surface area (Å²) in [6.07, 6.45) is -0.208. The van der Waals surface area contributed by atoms with Gasteiger partial charge in [0.2, 0.25) is 0 Å². The zero-order chi connectivity index (χ0) is 15.3. The summed E-state index contributed by atoms with van der Waals surface area (Å²) in [6.45, 7) is 3.60. The molecule has 0 aliphatic carbocycles. The van der Waals surface area contributed by atoms with Crippen LogP contribution < -0.4 is 5.73 Å². The first-order valence-electron chi connectivity index (χ1n) is 7.00. The van der Waals surface area contributed by atoms with Gasteiger partial charge in [0.15, 0.2) is 0 Å². The van der Waals surface area contributed by atoms with Crippen molar-refractivity contribution in [2.24, 2.45) is 5.73 Å². The van der Waals surface area contributed by atoms with Gasteiger partial charge in [-0.15, -0.1) is 0 Å². The monoisotopic (exact) mass is 317 g/mol. The third-order valence-electron chi connectivity index (χ3n) is 2.82. The van der Waals surface area contributed by atoms with Crippen molar-refractivity contribution < 1.29 is 18.9 Å². The predicted octanol–water partition coefficient (Wildman–Crippen LogP) is 2.04. The van der Waals surface area contributed by atoms with E-state index in [2.05, 4.69) is 0 Å². The molecule has 0 heterocycles. The molecule has 0 saturated heterocycles. The van der Waals surface area contributed by atoms with Crippen LogP contribution in [0.2, 0.25) is 5.02 Å². The maximum atomic E-state index is 6.13.